The van der Waals surface area contributed by atoms with Gasteiger partial charge in [0.15, 0.2) is 0 Å². The van der Waals surface area contributed by atoms with E-state index in [9.17, 15) is 22.8 Å². The topological polar surface area (TPSA) is 46.2 Å². The molecular formula is C25H30F3NO2S. The van der Waals surface area contributed by atoms with Gasteiger partial charge in [0.25, 0.3) is 5.91 Å². The van der Waals surface area contributed by atoms with Crippen molar-refractivity contribution in [2.45, 2.75) is 64.9 Å². The highest BCUT2D eigenvalue weighted by Gasteiger charge is 2.34. The van der Waals surface area contributed by atoms with Crippen LogP contribution in [0.1, 0.15) is 68.6 Å². The third kappa shape index (κ3) is 7.12. The smallest absolute Gasteiger partial charge is 0.341 e. The number of benzene rings is 2. The fourth-order valence-electron chi connectivity index (χ4n) is 2.99. The molecule has 174 valence electrons. The molecule has 1 atom stereocenters. The zero-order chi connectivity index (χ0) is 24.3. The Balaban J connectivity index is 2.07. The van der Waals surface area contributed by atoms with Crippen molar-refractivity contribution in [3.05, 3.63) is 70.8 Å². The maximum Gasteiger partial charge on any atom is 0.416 e. The molecule has 2 aromatic rings. The van der Waals surface area contributed by atoms with Gasteiger partial charge >= 0.3 is 6.18 Å². The van der Waals surface area contributed by atoms with Crippen LogP contribution in [0.15, 0.2) is 48.5 Å². The van der Waals surface area contributed by atoms with Crippen molar-refractivity contribution in [1.29, 1.82) is 0 Å². The molecule has 0 aliphatic rings. The minimum Gasteiger partial charge on any atom is -0.341 e. The van der Waals surface area contributed by atoms with Gasteiger partial charge in [0.05, 0.1) is 5.56 Å². The number of nitrogens with one attached hydrogen (secondary N) is 1. The van der Waals surface area contributed by atoms with Crippen molar-refractivity contribution < 1.29 is 22.8 Å². The van der Waals surface area contributed by atoms with Crippen molar-refractivity contribution in [3.63, 3.8) is 0 Å². The summed E-state index contributed by atoms with van der Waals surface area (Å²) in [6, 6.07) is 11.2. The number of thioether (sulfide) groups is 1. The van der Waals surface area contributed by atoms with Crippen LogP contribution in [0.25, 0.3) is 0 Å². The summed E-state index contributed by atoms with van der Waals surface area (Å²) in [6.45, 7) is 11.9. The van der Waals surface area contributed by atoms with Crippen LogP contribution in [0.5, 0.6) is 0 Å². The Labute approximate surface area is 192 Å². The molecule has 1 amide bonds. The van der Waals surface area contributed by atoms with Gasteiger partial charge in [-0.25, -0.2) is 0 Å². The Bertz CT molecular complexity index is 938. The minimum atomic E-state index is -4.47. The van der Waals surface area contributed by atoms with E-state index in [0.29, 0.717) is 5.75 Å². The molecule has 2 rings (SSSR count). The number of carbonyl (C=O) groups is 2. The summed E-state index contributed by atoms with van der Waals surface area (Å²) < 4.78 is 38.2. The molecule has 2 aromatic carbocycles. The molecular weight excluding hydrogens is 435 g/mol. The molecule has 0 heterocycles. The first kappa shape index (κ1) is 26.0. The van der Waals surface area contributed by atoms with Crippen LogP contribution >= 0.6 is 11.8 Å². The summed E-state index contributed by atoms with van der Waals surface area (Å²) in [5.41, 5.74) is 0.920. The number of carbonyl (C=O) groups excluding carboxylic acids is 2. The summed E-state index contributed by atoms with van der Waals surface area (Å²) in [7, 11) is 0. The predicted octanol–water partition coefficient (Wildman–Crippen LogP) is 6.61. The lowest BCUT2D eigenvalue weighted by Crippen LogP contribution is -2.48. The normalized spacial score (nSPS) is 13.5. The van der Waals surface area contributed by atoms with Crippen LogP contribution in [0.3, 0.4) is 0 Å². The van der Waals surface area contributed by atoms with Crippen LogP contribution < -0.4 is 5.32 Å². The van der Waals surface area contributed by atoms with E-state index in [1.54, 1.807) is 0 Å². The van der Waals surface area contributed by atoms with E-state index in [4.69, 9.17) is 0 Å². The van der Waals surface area contributed by atoms with Crippen LogP contribution in [-0.4, -0.2) is 17.1 Å². The number of rotatable bonds is 5. The molecule has 3 nitrogen and oxygen atoms in total. The Morgan fingerprint density at radius 3 is 1.78 bits per heavy atom. The van der Waals surface area contributed by atoms with E-state index in [0.717, 1.165) is 41.6 Å². The largest absolute Gasteiger partial charge is 0.416 e. The maximum atomic E-state index is 12.9. The van der Waals surface area contributed by atoms with Gasteiger partial charge < -0.3 is 5.32 Å². The predicted molar refractivity (Wildman–Crippen MR) is 124 cm³/mol. The first-order valence-corrected chi connectivity index (χ1v) is 11.3. The average Bonchev–Trinajstić information content (AvgIpc) is 2.68. The third-order valence-electron chi connectivity index (χ3n) is 5.05. The monoisotopic (exact) mass is 465 g/mol. The second-order valence-corrected chi connectivity index (χ2v) is 10.9. The molecule has 0 saturated carbocycles. The number of halogens is 3. The second-order valence-electron chi connectivity index (χ2n) is 9.90. The van der Waals surface area contributed by atoms with Crippen LogP contribution in [0, 0.1) is 5.41 Å². The van der Waals surface area contributed by atoms with Gasteiger partial charge in [0.1, 0.15) is 6.04 Å². The van der Waals surface area contributed by atoms with Crippen molar-refractivity contribution in [2.24, 2.45) is 5.41 Å². The van der Waals surface area contributed by atoms with Crippen molar-refractivity contribution in [3.8, 4) is 0 Å². The van der Waals surface area contributed by atoms with E-state index in [-0.39, 0.29) is 16.1 Å². The molecule has 0 aromatic heterocycles. The lowest BCUT2D eigenvalue weighted by Gasteiger charge is -2.30. The fraction of sp³-hybridized carbons (Fsp3) is 0.440. The van der Waals surface area contributed by atoms with Crippen LogP contribution in [0.4, 0.5) is 13.2 Å². The third-order valence-corrected chi connectivity index (χ3v) is 6.05. The SMILES string of the molecule is CC(C)(C)c1ccc(CSC(=O)[C@H](NC(=O)c2ccc(C(F)(F)F)cc2)C(C)(C)C)cc1. The van der Waals surface area contributed by atoms with Gasteiger partial charge in [-0.3, -0.25) is 9.59 Å². The van der Waals surface area contributed by atoms with E-state index >= 15 is 0 Å². The summed E-state index contributed by atoms with van der Waals surface area (Å²) in [5.74, 6) is -0.117. The van der Waals surface area contributed by atoms with E-state index < -0.39 is 29.1 Å². The molecule has 0 aliphatic heterocycles. The van der Waals surface area contributed by atoms with E-state index in [1.165, 1.54) is 5.56 Å². The fourth-order valence-corrected chi connectivity index (χ4v) is 4.07. The summed E-state index contributed by atoms with van der Waals surface area (Å²) in [6.07, 6.45) is -4.47. The van der Waals surface area contributed by atoms with Gasteiger partial charge in [-0.1, -0.05) is 77.6 Å². The molecule has 0 unspecified atom stereocenters. The van der Waals surface area contributed by atoms with Crippen LogP contribution in [-0.2, 0) is 22.1 Å². The van der Waals surface area contributed by atoms with Gasteiger partial charge in [-0.15, -0.1) is 0 Å². The van der Waals surface area contributed by atoms with Gasteiger partial charge in [-0.2, -0.15) is 13.2 Å². The van der Waals surface area contributed by atoms with Crippen molar-refractivity contribution >= 4 is 22.8 Å². The molecule has 0 fully saturated rings. The first-order valence-electron chi connectivity index (χ1n) is 10.3. The molecule has 1 N–H and O–H groups in total. The van der Waals surface area contributed by atoms with E-state index in [1.807, 2.05) is 45.0 Å². The molecule has 0 radical (unpaired) electrons. The molecule has 7 heteroatoms. The van der Waals surface area contributed by atoms with Gasteiger partial charge in [-0.05, 0) is 46.2 Å². The standard InChI is InChI=1S/C25H30F3NO2S/c1-23(2,3)18-11-7-16(8-12-18)15-32-22(31)20(24(4,5)6)29-21(30)17-9-13-19(14-10-17)25(26,27)28/h7-14,20H,15H2,1-6H3,(H,29,30)/t20-/m0/s1. The average molecular weight is 466 g/mol. The number of amides is 1. The summed E-state index contributed by atoms with van der Waals surface area (Å²) >= 11 is 1.12. The number of alkyl halides is 3. The van der Waals surface area contributed by atoms with Crippen LogP contribution in [0.2, 0.25) is 0 Å². The van der Waals surface area contributed by atoms with Crippen molar-refractivity contribution in [1.82, 2.24) is 5.32 Å². The number of hydrogen-bond acceptors (Lipinski definition) is 3. The van der Waals surface area contributed by atoms with Crippen molar-refractivity contribution in [2.75, 3.05) is 0 Å². The minimum absolute atomic E-state index is 0.0431. The quantitative estimate of drug-likeness (QED) is 0.541. The molecule has 0 spiro atoms. The zero-order valence-corrected chi connectivity index (χ0v) is 20.1. The zero-order valence-electron chi connectivity index (χ0n) is 19.3. The highest BCUT2D eigenvalue weighted by molar-refractivity contribution is 8.13. The molecule has 0 aliphatic carbocycles. The number of hydrogen-bond donors (Lipinski definition) is 1. The molecule has 32 heavy (non-hydrogen) atoms. The summed E-state index contributed by atoms with van der Waals surface area (Å²) in [4.78, 5) is 25.6. The summed E-state index contributed by atoms with van der Waals surface area (Å²) in [5, 5.41) is 2.51. The Morgan fingerprint density at radius 1 is 0.844 bits per heavy atom. The van der Waals surface area contributed by atoms with Gasteiger partial charge in [0, 0.05) is 11.3 Å². The lowest BCUT2D eigenvalue weighted by atomic mass is 9.87. The Morgan fingerprint density at radius 2 is 1.34 bits per heavy atom. The first-order chi connectivity index (χ1) is 14.6. The Hall–Kier alpha value is -2.28. The van der Waals surface area contributed by atoms with Gasteiger partial charge in [0.2, 0.25) is 5.12 Å². The highest BCUT2D eigenvalue weighted by atomic mass is 32.2. The Kier molecular flexibility index (Phi) is 7.87. The second kappa shape index (κ2) is 9.69. The highest BCUT2D eigenvalue weighted by Crippen LogP contribution is 2.30. The lowest BCUT2D eigenvalue weighted by molar-refractivity contribution is -0.137. The molecule has 0 bridgehead atoms. The maximum absolute atomic E-state index is 12.9. The molecule has 0 saturated heterocycles. The van der Waals surface area contributed by atoms with E-state index in [2.05, 4.69) is 26.1 Å².